The highest BCUT2D eigenvalue weighted by molar-refractivity contribution is 6.06. The predicted octanol–water partition coefficient (Wildman–Crippen LogP) is 3.50. The van der Waals surface area contributed by atoms with E-state index in [1.165, 1.54) is 26.0 Å². The molecule has 0 aliphatic heterocycles. The first-order chi connectivity index (χ1) is 11.6. The number of nitrogens with one attached hydrogen (secondary N) is 1. The molecular weight excluding hydrogens is 349 g/mol. The molecule has 1 aromatic heterocycles. The molecule has 11 heteroatoms. The molecule has 0 bridgehead atoms. The van der Waals surface area contributed by atoms with Gasteiger partial charge >= 0.3 is 12.5 Å². The number of alkyl halides is 3. The quantitative estimate of drug-likeness (QED) is 0.803. The Morgan fingerprint density at radius 1 is 1.28 bits per heavy atom. The van der Waals surface area contributed by atoms with Crippen LogP contribution in [0.5, 0.6) is 11.6 Å². The molecule has 0 saturated carbocycles. The minimum atomic E-state index is -4.84. The molecule has 2 N–H and O–H groups in total. The summed E-state index contributed by atoms with van der Waals surface area (Å²) in [5, 5.41) is 14.3. The molecule has 25 heavy (non-hydrogen) atoms. The Labute approximate surface area is 138 Å². The second-order valence-corrected chi connectivity index (χ2v) is 4.77. The van der Waals surface area contributed by atoms with Crippen molar-refractivity contribution in [1.82, 2.24) is 5.16 Å². The first-order valence-corrected chi connectivity index (χ1v) is 6.61. The molecule has 0 aliphatic rings. The number of hydrogen-bond donors (Lipinski definition) is 2. The topological polar surface area (TPSA) is 111 Å². The molecule has 2 aromatic rings. The van der Waals surface area contributed by atoms with Crippen LogP contribution in [0.4, 0.5) is 23.7 Å². The number of carboxylic acid groups (broad SMARTS) is 1. The van der Waals surface area contributed by atoms with E-state index in [0.29, 0.717) is 0 Å². The summed E-state index contributed by atoms with van der Waals surface area (Å²) in [5.74, 6) is -1.76. The number of aromatic nitrogens is 1. The van der Waals surface area contributed by atoms with E-state index < -0.39 is 30.1 Å². The largest absolute Gasteiger partial charge is 0.573 e. The third-order valence-corrected chi connectivity index (χ3v) is 2.90. The van der Waals surface area contributed by atoms with Crippen LogP contribution in [-0.2, 0) is 0 Å². The van der Waals surface area contributed by atoms with Crippen molar-refractivity contribution in [3.8, 4) is 11.6 Å². The molecule has 134 valence electrons. The summed E-state index contributed by atoms with van der Waals surface area (Å²) in [5.41, 5.74) is 0.0220. The van der Waals surface area contributed by atoms with Crippen molar-refractivity contribution >= 4 is 17.7 Å². The normalized spacial score (nSPS) is 11.1. The molecule has 1 aromatic carbocycles. The fraction of sp³-hybridized carbons (Fsp3) is 0.214. The minimum Gasteiger partial charge on any atom is -0.449 e. The number of amides is 1. The lowest BCUT2D eigenvalue weighted by Crippen LogP contribution is -2.18. The smallest absolute Gasteiger partial charge is 0.449 e. The lowest BCUT2D eigenvalue weighted by atomic mass is 10.2. The summed E-state index contributed by atoms with van der Waals surface area (Å²) >= 11 is 0. The number of nitrogens with zero attached hydrogens (tertiary/aromatic N) is 1. The first kappa shape index (κ1) is 18.1. The van der Waals surface area contributed by atoms with E-state index in [2.05, 4.69) is 19.9 Å². The molecule has 1 amide bonds. The van der Waals surface area contributed by atoms with Crippen LogP contribution < -0.4 is 14.8 Å². The monoisotopic (exact) mass is 360 g/mol. The molecule has 0 spiro atoms. The molecule has 0 aliphatic carbocycles. The molecule has 1 heterocycles. The molecule has 0 saturated heterocycles. The van der Waals surface area contributed by atoms with E-state index in [4.69, 9.17) is 9.63 Å². The number of carbonyl (C=O) groups is 2. The van der Waals surface area contributed by atoms with Crippen LogP contribution in [-0.4, -0.2) is 28.7 Å². The summed E-state index contributed by atoms with van der Waals surface area (Å²) in [6.07, 6.45) is -6.52. The van der Waals surface area contributed by atoms with E-state index in [0.717, 1.165) is 6.07 Å². The molecule has 0 fully saturated rings. The van der Waals surface area contributed by atoms with Crippen molar-refractivity contribution in [1.29, 1.82) is 0 Å². The summed E-state index contributed by atoms with van der Waals surface area (Å²) in [7, 11) is 0. The zero-order valence-electron chi connectivity index (χ0n) is 12.8. The highest BCUT2D eigenvalue weighted by atomic mass is 19.4. The summed E-state index contributed by atoms with van der Waals surface area (Å²) < 4.78 is 49.6. The molecule has 2 rings (SSSR count). The van der Waals surface area contributed by atoms with Gasteiger partial charge in [-0.3, -0.25) is 4.79 Å². The number of ether oxygens (including phenoxy) is 2. The Morgan fingerprint density at radius 3 is 2.52 bits per heavy atom. The number of halogens is 3. The van der Waals surface area contributed by atoms with Crippen LogP contribution >= 0.6 is 0 Å². The number of aryl methyl sites for hydroxylation is 2. The lowest BCUT2D eigenvalue weighted by molar-refractivity contribution is -0.274. The second-order valence-electron chi connectivity index (χ2n) is 4.77. The molecule has 0 unspecified atom stereocenters. The van der Waals surface area contributed by atoms with Crippen LogP contribution in [0.15, 0.2) is 22.7 Å². The maximum absolute atomic E-state index is 12.2. The van der Waals surface area contributed by atoms with Gasteiger partial charge in [-0.25, -0.2) is 4.79 Å². The van der Waals surface area contributed by atoms with E-state index in [-0.39, 0.29) is 22.6 Å². The summed E-state index contributed by atoms with van der Waals surface area (Å²) in [4.78, 5) is 22.8. The zero-order valence-corrected chi connectivity index (χ0v) is 12.8. The van der Waals surface area contributed by atoms with E-state index in [1.54, 1.807) is 0 Å². The Hall–Kier alpha value is -3.24. The molecule has 0 radical (unpaired) electrons. The van der Waals surface area contributed by atoms with Gasteiger partial charge < -0.3 is 24.4 Å². The highest BCUT2D eigenvalue weighted by Gasteiger charge is 2.31. The van der Waals surface area contributed by atoms with Crippen molar-refractivity contribution in [3.63, 3.8) is 0 Å². The van der Waals surface area contributed by atoms with Crippen molar-refractivity contribution in [2.45, 2.75) is 20.2 Å². The van der Waals surface area contributed by atoms with Crippen molar-refractivity contribution in [2.24, 2.45) is 0 Å². The maximum atomic E-state index is 12.2. The van der Waals surface area contributed by atoms with Crippen LogP contribution in [0, 0.1) is 13.8 Å². The maximum Gasteiger partial charge on any atom is 0.573 e. The average molecular weight is 360 g/mol. The van der Waals surface area contributed by atoms with Crippen LogP contribution in [0.1, 0.15) is 21.7 Å². The molecular formula is C14H11F3N2O6. The highest BCUT2D eigenvalue weighted by Crippen LogP contribution is 2.29. The van der Waals surface area contributed by atoms with Crippen LogP contribution in [0.25, 0.3) is 0 Å². The Kier molecular flexibility index (Phi) is 4.86. The van der Waals surface area contributed by atoms with Gasteiger partial charge in [-0.2, -0.15) is 0 Å². The van der Waals surface area contributed by atoms with E-state index in [1.807, 2.05) is 0 Å². The summed E-state index contributed by atoms with van der Waals surface area (Å²) in [6, 6.07) is 3.47. The first-order valence-electron chi connectivity index (χ1n) is 6.61. The van der Waals surface area contributed by atoms with Gasteiger partial charge in [0.2, 0.25) is 0 Å². The fourth-order valence-corrected chi connectivity index (χ4v) is 1.92. The van der Waals surface area contributed by atoms with Crippen LogP contribution in [0.2, 0.25) is 0 Å². The average Bonchev–Trinajstić information content (AvgIpc) is 2.80. The van der Waals surface area contributed by atoms with Crippen LogP contribution in [0.3, 0.4) is 0 Å². The number of hydrogen-bond acceptors (Lipinski definition) is 6. The van der Waals surface area contributed by atoms with Gasteiger partial charge in [0.15, 0.2) is 5.76 Å². The van der Waals surface area contributed by atoms with Gasteiger partial charge in [-0.15, -0.1) is 13.2 Å². The molecule has 0 atom stereocenters. The second kappa shape index (κ2) is 6.71. The van der Waals surface area contributed by atoms with Gasteiger partial charge in [0.25, 0.3) is 11.8 Å². The standard InChI is InChI=1S/C14H11F3N2O6/c1-6-5-8(3-4-9(6)24-14(15,16)17)18-11(20)10-7(2)25-19-12(10)23-13(21)22/h3-5H,1-2H3,(H,18,20)(H,21,22). The summed E-state index contributed by atoms with van der Waals surface area (Å²) in [6.45, 7) is 2.72. The van der Waals surface area contributed by atoms with Gasteiger partial charge in [0.1, 0.15) is 11.3 Å². The van der Waals surface area contributed by atoms with Gasteiger partial charge in [-0.1, -0.05) is 0 Å². The van der Waals surface area contributed by atoms with Crippen molar-refractivity contribution < 1.29 is 41.9 Å². The van der Waals surface area contributed by atoms with Crippen molar-refractivity contribution in [2.75, 3.05) is 5.32 Å². The van der Waals surface area contributed by atoms with Gasteiger partial charge in [0, 0.05) is 5.69 Å². The Balaban J connectivity index is 2.20. The number of anilines is 1. The van der Waals surface area contributed by atoms with E-state index in [9.17, 15) is 22.8 Å². The zero-order chi connectivity index (χ0) is 18.8. The number of rotatable bonds is 4. The number of carbonyl (C=O) groups excluding carboxylic acids is 1. The number of benzene rings is 1. The third-order valence-electron chi connectivity index (χ3n) is 2.90. The fourth-order valence-electron chi connectivity index (χ4n) is 1.92. The van der Waals surface area contributed by atoms with Gasteiger partial charge in [-0.05, 0) is 42.8 Å². The third kappa shape index (κ3) is 4.62. The minimum absolute atomic E-state index is 0.00231. The Morgan fingerprint density at radius 2 is 1.96 bits per heavy atom. The van der Waals surface area contributed by atoms with Crippen molar-refractivity contribution in [3.05, 3.63) is 35.1 Å². The predicted molar refractivity (Wildman–Crippen MR) is 75.7 cm³/mol. The Bertz CT molecular complexity index is 815. The van der Waals surface area contributed by atoms with Gasteiger partial charge in [0.05, 0.1) is 0 Å². The SMILES string of the molecule is Cc1cc(NC(=O)c2c(OC(=O)O)noc2C)ccc1OC(F)(F)F. The van der Waals surface area contributed by atoms with E-state index >= 15 is 0 Å². The lowest BCUT2D eigenvalue weighted by Gasteiger charge is -2.12. The molecule has 8 nitrogen and oxygen atoms in total.